The van der Waals surface area contributed by atoms with E-state index >= 15 is 0 Å². The molecular formula is C26H28ClN3O3. The highest BCUT2D eigenvalue weighted by Gasteiger charge is 2.41. The van der Waals surface area contributed by atoms with E-state index in [4.69, 9.17) is 16.3 Å². The van der Waals surface area contributed by atoms with Crippen LogP contribution in [0.3, 0.4) is 0 Å². The number of rotatable bonds is 3. The van der Waals surface area contributed by atoms with E-state index in [1.807, 2.05) is 41.3 Å². The summed E-state index contributed by atoms with van der Waals surface area (Å²) in [6, 6.07) is 17.5. The number of hydrogen-bond donors (Lipinski definition) is 1. The Morgan fingerprint density at radius 1 is 1.00 bits per heavy atom. The van der Waals surface area contributed by atoms with Gasteiger partial charge in [0.05, 0.1) is 6.04 Å². The van der Waals surface area contributed by atoms with E-state index in [-0.39, 0.29) is 35.6 Å². The summed E-state index contributed by atoms with van der Waals surface area (Å²) >= 11 is 6.22. The van der Waals surface area contributed by atoms with E-state index in [2.05, 4.69) is 22.3 Å². The summed E-state index contributed by atoms with van der Waals surface area (Å²) < 4.78 is 6.06. The minimum absolute atomic E-state index is 0.0764. The number of nitrogens with zero attached hydrogens (tertiary/aromatic N) is 2. The predicted molar refractivity (Wildman–Crippen MR) is 129 cm³/mol. The molecule has 3 aliphatic rings. The number of para-hydroxylation sites is 1. The van der Waals surface area contributed by atoms with Crippen LogP contribution in [0.1, 0.15) is 24.8 Å². The van der Waals surface area contributed by atoms with Crippen molar-refractivity contribution in [1.82, 2.24) is 10.2 Å². The lowest BCUT2D eigenvalue weighted by Gasteiger charge is -2.42. The molecule has 2 aliphatic heterocycles. The highest BCUT2D eigenvalue weighted by Crippen LogP contribution is 2.33. The van der Waals surface area contributed by atoms with Crippen LogP contribution in [-0.2, 0) is 14.3 Å². The van der Waals surface area contributed by atoms with Crippen molar-refractivity contribution in [2.45, 2.75) is 31.4 Å². The molecule has 1 saturated carbocycles. The predicted octanol–water partition coefficient (Wildman–Crippen LogP) is 3.71. The monoisotopic (exact) mass is 465 g/mol. The molecule has 33 heavy (non-hydrogen) atoms. The molecule has 2 heterocycles. The Hall–Kier alpha value is -2.99. The van der Waals surface area contributed by atoms with E-state index < -0.39 is 0 Å². The van der Waals surface area contributed by atoms with Crippen LogP contribution < -0.4 is 10.2 Å². The molecule has 2 aromatic carbocycles. The van der Waals surface area contributed by atoms with E-state index in [1.54, 1.807) is 12.1 Å². The Labute approximate surface area is 199 Å². The quantitative estimate of drug-likeness (QED) is 0.702. The Bertz CT molecular complexity index is 1050. The number of benzene rings is 2. The topological polar surface area (TPSA) is 61.9 Å². The zero-order chi connectivity index (χ0) is 22.8. The van der Waals surface area contributed by atoms with Crippen LogP contribution in [0.15, 0.2) is 60.4 Å². The number of carbonyl (C=O) groups excluding carboxylic acids is 2. The van der Waals surface area contributed by atoms with Crippen LogP contribution in [0, 0.1) is 5.92 Å². The van der Waals surface area contributed by atoms with Gasteiger partial charge in [-0.05, 0) is 49.1 Å². The average Bonchev–Trinajstić information content (AvgIpc) is 2.86. The molecule has 0 spiro atoms. The van der Waals surface area contributed by atoms with E-state index in [9.17, 15) is 9.59 Å². The van der Waals surface area contributed by atoms with E-state index in [1.165, 1.54) is 5.69 Å². The standard InChI is InChI=1S/C26H28ClN3O3/c27-21-9-5-4-6-18(21)17-24-25(31)28-22-16-19(10-11-23(22)33-24)26(32)30-14-12-29(13-15-30)20-7-2-1-3-8-20/h1-9,17,19,22-23H,10-16H2,(H,28,31)/b24-17-. The summed E-state index contributed by atoms with van der Waals surface area (Å²) in [5, 5.41) is 3.64. The zero-order valence-corrected chi connectivity index (χ0v) is 19.2. The van der Waals surface area contributed by atoms with Crippen LogP contribution >= 0.6 is 11.6 Å². The van der Waals surface area contributed by atoms with Crippen molar-refractivity contribution in [1.29, 1.82) is 0 Å². The summed E-state index contributed by atoms with van der Waals surface area (Å²) in [4.78, 5) is 30.2. The Morgan fingerprint density at radius 2 is 1.73 bits per heavy atom. The molecule has 1 N–H and O–H groups in total. The number of halogens is 1. The normalized spacial score (nSPS) is 26.4. The average molecular weight is 466 g/mol. The lowest BCUT2D eigenvalue weighted by molar-refractivity contribution is -0.141. The highest BCUT2D eigenvalue weighted by molar-refractivity contribution is 6.32. The van der Waals surface area contributed by atoms with Crippen molar-refractivity contribution in [3.63, 3.8) is 0 Å². The van der Waals surface area contributed by atoms with Gasteiger partial charge in [-0.1, -0.05) is 48.0 Å². The third-order valence-corrected chi connectivity index (χ3v) is 7.20. The zero-order valence-electron chi connectivity index (χ0n) is 18.5. The van der Waals surface area contributed by atoms with Gasteiger partial charge in [-0.3, -0.25) is 9.59 Å². The third-order valence-electron chi connectivity index (χ3n) is 6.86. The summed E-state index contributed by atoms with van der Waals surface area (Å²) in [5.74, 6) is 0.159. The van der Waals surface area contributed by atoms with Crippen molar-refractivity contribution >= 4 is 35.2 Å². The maximum Gasteiger partial charge on any atom is 0.286 e. The number of piperazine rings is 1. The molecule has 3 unspecified atom stereocenters. The molecule has 3 fully saturated rings. The lowest BCUT2D eigenvalue weighted by Crippen LogP contribution is -2.56. The molecule has 0 bridgehead atoms. The molecule has 0 radical (unpaired) electrons. The first kappa shape index (κ1) is 21.8. The third kappa shape index (κ3) is 4.71. The fourth-order valence-electron chi connectivity index (χ4n) is 5.03. The van der Waals surface area contributed by atoms with Crippen LogP contribution in [0.25, 0.3) is 6.08 Å². The first-order chi connectivity index (χ1) is 16.1. The van der Waals surface area contributed by atoms with Gasteiger partial charge in [0.1, 0.15) is 6.10 Å². The van der Waals surface area contributed by atoms with Crippen LogP contribution in [0.5, 0.6) is 0 Å². The Morgan fingerprint density at radius 3 is 2.48 bits per heavy atom. The number of anilines is 1. The SMILES string of the molecule is O=C1NC2CC(C(=O)N3CCN(c4ccccc4)CC3)CCC2O/C1=C\c1ccccc1Cl. The smallest absolute Gasteiger partial charge is 0.286 e. The minimum Gasteiger partial charge on any atom is -0.483 e. The van der Waals surface area contributed by atoms with Gasteiger partial charge in [0.2, 0.25) is 5.91 Å². The van der Waals surface area contributed by atoms with Crippen molar-refractivity contribution in [2.75, 3.05) is 31.1 Å². The van der Waals surface area contributed by atoms with Gasteiger partial charge in [-0.2, -0.15) is 0 Å². The minimum atomic E-state index is -0.249. The number of hydrogen-bond acceptors (Lipinski definition) is 4. The van der Waals surface area contributed by atoms with Gasteiger partial charge in [0.25, 0.3) is 5.91 Å². The molecule has 2 saturated heterocycles. The summed E-state index contributed by atoms with van der Waals surface area (Å²) in [5.41, 5.74) is 1.95. The number of morpholine rings is 1. The second-order valence-electron chi connectivity index (χ2n) is 8.92. The molecule has 7 heteroatoms. The van der Waals surface area contributed by atoms with Crippen LogP contribution in [-0.4, -0.2) is 55.0 Å². The fraction of sp³-hybridized carbons (Fsp3) is 0.385. The first-order valence-corrected chi connectivity index (χ1v) is 12.0. The van der Waals surface area contributed by atoms with Gasteiger partial charge in [-0.15, -0.1) is 0 Å². The molecule has 6 nitrogen and oxygen atoms in total. The number of amides is 2. The molecule has 3 atom stereocenters. The largest absolute Gasteiger partial charge is 0.483 e. The summed E-state index contributed by atoms with van der Waals surface area (Å²) in [7, 11) is 0. The number of carbonyl (C=O) groups is 2. The Balaban J connectivity index is 1.18. The van der Waals surface area contributed by atoms with Gasteiger partial charge in [0, 0.05) is 42.8 Å². The Kier molecular flexibility index (Phi) is 6.27. The van der Waals surface area contributed by atoms with Crippen molar-refractivity contribution in [3.8, 4) is 0 Å². The first-order valence-electron chi connectivity index (χ1n) is 11.6. The maximum atomic E-state index is 13.2. The van der Waals surface area contributed by atoms with Gasteiger partial charge < -0.3 is 19.9 Å². The van der Waals surface area contributed by atoms with Crippen molar-refractivity contribution in [3.05, 3.63) is 70.9 Å². The number of fused-ring (bicyclic) bond motifs is 1. The molecule has 2 amide bonds. The molecule has 0 aromatic heterocycles. The van der Waals surface area contributed by atoms with Gasteiger partial charge in [0.15, 0.2) is 5.76 Å². The van der Waals surface area contributed by atoms with Gasteiger partial charge >= 0.3 is 0 Å². The summed E-state index contributed by atoms with van der Waals surface area (Å²) in [6.45, 7) is 3.13. The molecule has 2 aromatic rings. The summed E-state index contributed by atoms with van der Waals surface area (Å²) in [6.07, 6.45) is 3.71. The molecular weight excluding hydrogens is 438 g/mol. The second-order valence-corrected chi connectivity index (χ2v) is 9.33. The van der Waals surface area contributed by atoms with Gasteiger partial charge in [-0.25, -0.2) is 0 Å². The van der Waals surface area contributed by atoms with Crippen molar-refractivity contribution < 1.29 is 14.3 Å². The van der Waals surface area contributed by atoms with Crippen LogP contribution in [0.4, 0.5) is 5.69 Å². The maximum absolute atomic E-state index is 13.2. The number of ether oxygens (including phenoxy) is 1. The van der Waals surface area contributed by atoms with Crippen molar-refractivity contribution in [2.24, 2.45) is 5.92 Å². The molecule has 1 aliphatic carbocycles. The molecule has 5 rings (SSSR count). The van der Waals surface area contributed by atoms with Crippen LogP contribution in [0.2, 0.25) is 5.02 Å². The molecule has 172 valence electrons. The van der Waals surface area contributed by atoms with E-state index in [0.29, 0.717) is 11.4 Å². The lowest BCUT2D eigenvalue weighted by atomic mass is 9.82. The number of nitrogens with one attached hydrogen (secondary N) is 1. The van der Waals surface area contributed by atoms with E-state index in [0.717, 1.165) is 44.6 Å². The second kappa shape index (κ2) is 9.48. The fourth-order valence-corrected chi connectivity index (χ4v) is 5.22. The highest BCUT2D eigenvalue weighted by atomic mass is 35.5.